The van der Waals surface area contributed by atoms with Gasteiger partial charge in [0.05, 0.1) is 0 Å². The van der Waals surface area contributed by atoms with Crippen LogP contribution >= 0.6 is 36.9 Å². The third-order valence-corrected chi connectivity index (χ3v) is 4.13. The van der Waals surface area contributed by atoms with Gasteiger partial charge in [0.2, 0.25) is 0 Å². The molecular weight excluding hydrogens is 312 g/mol. The van der Waals surface area contributed by atoms with E-state index in [9.17, 15) is 4.79 Å². The van der Waals surface area contributed by atoms with E-state index in [2.05, 4.69) is 25.3 Å². The van der Waals surface area contributed by atoms with Crippen LogP contribution in [0, 0.1) is 0 Å². The van der Waals surface area contributed by atoms with Gasteiger partial charge in [-0.3, -0.25) is 4.79 Å². The quantitative estimate of drug-likeness (QED) is 0.481. The van der Waals surface area contributed by atoms with Gasteiger partial charge in [-0.1, -0.05) is 24.3 Å². The number of carbonyl (C=O) groups excluding carboxylic acids is 1. The minimum atomic E-state index is -0.238. The van der Waals surface area contributed by atoms with Gasteiger partial charge in [0, 0.05) is 33.0 Å². The molecule has 0 unspecified atom stereocenters. The van der Waals surface area contributed by atoms with E-state index in [1.54, 1.807) is 0 Å². The average molecular weight is 327 g/mol. The summed E-state index contributed by atoms with van der Waals surface area (Å²) in [5.74, 6) is 0.226. The summed E-state index contributed by atoms with van der Waals surface area (Å²) in [6.45, 7) is 0.220. The molecule has 20 heavy (non-hydrogen) atoms. The minimum Gasteiger partial charge on any atom is -0.461 e. The van der Waals surface area contributed by atoms with Gasteiger partial charge in [-0.2, -0.15) is 0 Å². The molecule has 0 aliphatic carbocycles. The maximum atomic E-state index is 11.5. The van der Waals surface area contributed by atoms with Crippen molar-refractivity contribution in [3.05, 3.63) is 35.9 Å². The molecule has 0 aliphatic heterocycles. The van der Waals surface area contributed by atoms with Crippen LogP contribution in [0.4, 0.5) is 0 Å². The monoisotopic (exact) mass is 326 g/mol. The van der Waals surface area contributed by atoms with Crippen molar-refractivity contribution in [1.82, 2.24) is 0 Å². The maximum Gasteiger partial charge on any atom is 0.306 e. The van der Waals surface area contributed by atoms with E-state index < -0.39 is 0 Å². The normalized spacial score (nSPS) is 10.8. The molecule has 5 heteroatoms. The fourth-order valence-corrected chi connectivity index (χ4v) is 2.88. The number of benzene rings is 2. The molecule has 0 radical (unpaired) electrons. The van der Waals surface area contributed by atoms with Crippen molar-refractivity contribution in [3.63, 3.8) is 0 Å². The summed E-state index contributed by atoms with van der Waals surface area (Å²) in [4.78, 5) is 13.2. The molecule has 0 bridgehead atoms. The second-order valence-corrected chi connectivity index (χ2v) is 5.71. The largest absolute Gasteiger partial charge is 0.461 e. The Kier molecular flexibility index (Phi) is 5.64. The SMILES string of the molecule is O=C(CCCCl)OCc1ccc2cccc(S)c2c1S. The molecule has 0 atom stereocenters. The molecule has 2 nitrogen and oxygen atoms in total. The summed E-state index contributed by atoms with van der Waals surface area (Å²) in [5.41, 5.74) is 0.876. The van der Waals surface area contributed by atoms with E-state index in [0.29, 0.717) is 18.7 Å². The van der Waals surface area contributed by atoms with Gasteiger partial charge in [-0.25, -0.2) is 0 Å². The number of carbonyl (C=O) groups is 1. The molecule has 0 spiro atoms. The Balaban J connectivity index is 2.17. The lowest BCUT2D eigenvalue weighted by molar-refractivity contribution is -0.145. The van der Waals surface area contributed by atoms with Crippen LogP contribution in [-0.4, -0.2) is 11.8 Å². The Morgan fingerprint density at radius 2 is 2.00 bits per heavy atom. The Morgan fingerprint density at radius 1 is 1.20 bits per heavy atom. The minimum absolute atomic E-state index is 0.220. The first kappa shape index (κ1) is 15.5. The number of ether oxygens (including phenoxy) is 1. The third kappa shape index (κ3) is 3.62. The van der Waals surface area contributed by atoms with E-state index in [1.165, 1.54) is 0 Å². The lowest BCUT2D eigenvalue weighted by Crippen LogP contribution is -2.05. The number of thiol groups is 2. The van der Waals surface area contributed by atoms with E-state index in [0.717, 1.165) is 26.1 Å². The van der Waals surface area contributed by atoms with Crippen molar-refractivity contribution in [3.8, 4) is 0 Å². The molecule has 0 aliphatic rings. The Morgan fingerprint density at radius 3 is 2.75 bits per heavy atom. The number of rotatable bonds is 5. The molecule has 2 aromatic rings. The van der Waals surface area contributed by atoms with Gasteiger partial charge in [0.1, 0.15) is 6.61 Å². The van der Waals surface area contributed by atoms with Crippen LogP contribution in [0.3, 0.4) is 0 Å². The molecule has 0 saturated heterocycles. The zero-order valence-corrected chi connectivity index (χ0v) is 13.3. The van der Waals surface area contributed by atoms with Crippen LogP contribution in [0.5, 0.6) is 0 Å². The summed E-state index contributed by atoms with van der Waals surface area (Å²) >= 11 is 14.5. The summed E-state index contributed by atoms with van der Waals surface area (Å²) < 4.78 is 5.23. The van der Waals surface area contributed by atoms with Crippen molar-refractivity contribution in [1.29, 1.82) is 0 Å². The van der Waals surface area contributed by atoms with E-state index in [-0.39, 0.29) is 12.6 Å². The first-order chi connectivity index (χ1) is 9.63. The van der Waals surface area contributed by atoms with Crippen LogP contribution in [0.15, 0.2) is 40.1 Å². The molecule has 106 valence electrons. The molecule has 2 aromatic carbocycles. The topological polar surface area (TPSA) is 26.3 Å². The lowest BCUT2D eigenvalue weighted by atomic mass is 10.1. The average Bonchev–Trinajstić information content (AvgIpc) is 2.44. The number of halogens is 1. The fraction of sp³-hybridized carbons (Fsp3) is 0.267. The highest BCUT2D eigenvalue weighted by Crippen LogP contribution is 2.31. The standard InChI is InChI=1S/C15H15ClO2S2/c16-8-2-5-13(17)18-9-11-7-6-10-3-1-4-12(19)14(10)15(11)20/h1,3-4,6-7,19-20H,2,5,8-9H2. The van der Waals surface area contributed by atoms with E-state index >= 15 is 0 Å². The third-order valence-electron chi connectivity index (χ3n) is 2.98. The van der Waals surface area contributed by atoms with Gasteiger partial charge in [-0.15, -0.1) is 36.9 Å². The highest BCUT2D eigenvalue weighted by atomic mass is 35.5. The number of alkyl halides is 1. The Labute approximate surface area is 134 Å². The number of fused-ring (bicyclic) bond motifs is 1. The number of esters is 1. The van der Waals surface area contributed by atoms with Crippen molar-refractivity contribution < 1.29 is 9.53 Å². The maximum absolute atomic E-state index is 11.5. The van der Waals surface area contributed by atoms with Crippen LogP contribution in [0.1, 0.15) is 18.4 Å². The molecule has 0 heterocycles. The van der Waals surface area contributed by atoms with Crippen LogP contribution in [0.2, 0.25) is 0 Å². The van der Waals surface area contributed by atoms with Crippen molar-refractivity contribution in [2.45, 2.75) is 29.2 Å². The van der Waals surface area contributed by atoms with Gasteiger partial charge in [-0.05, 0) is 17.9 Å². The zero-order chi connectivity index (χ0) is 14.5. The highest BCUT2D eigenvalue weighted by molar-refractivity contribution is 7.81. The van der Waals surface area contributed by atoms with Crippen LogP contribution in [0.25, 0.3) is 10.8 Å². The number of hydrogen-bond acceptors (Lipinski definition) is 4. The predicted octanol–water partition coefficient (Wildman–Crippen LogP) is 4.48. The smallest absolute Gasteiger partial charge is 0.306 e. The number of hydrogen-bond donors (Lipinski definition) is 2. The Hall–Kier alpha value is -0.840. The molecule has 0 N–H and O–H groups in total. The molecular formula is C15H15ClO2S2. The van der Waals surface area contributed by atoms with E-state index in [4.69, 9.17) is 16.3 Å². The van der Waals surface area contributed by atoms with Crippen LogP contribution < -0.4 is 0 Å². The van der Waals surface area contributed by atoms with Gasteiger partial charge < -0.3 is 4.74 Å². The van der Waals surface area contributed by atoms with Gasteiger partial charge in [0.15, 0.2) is 0 Å². The Bertz CT molecular complexity index is 629. The first-order valence-electron chi connectivity index (χ1n) is 6.27. The van der Waals surface area contributed by atoms with Crippen molar-refractivity contribution in [2.24, 2.45) is 0 Å². The summed E-state index contributed by atoms with van der Waals surface area (Å²) in [7, 11) is 0. The highest BCUT2D eigenvalue weighted by Gasteiger charge is 2.09. The van der Waals surface area contributed by atoms with E-state index in [1.807, 2.05) is 30.3 Å². The summed E-state index contributed by atoms with van der Waals surface area (Å²) in [5, 5.41) is 2.05. The predicted molar refractivity (Wildman–Crippen MR) is 88.2 cm³/mol. The molecule has 0 aromatic heterocycles. The summed E-state index contributed by atoms with van der Waals surface area (Å²) in [6.07, 6.45) is 0.976. The molecule has 0 fully saturated rings. The first-order valence-corrected chi connectivity index (χ1v) is 7.70. The van der Waals surface area contributed by atoms with Gasteiger partial charge >= 0.3 is 5.97 Å². The zero-order valence-electron chi connectivity index (χ0n) is 10.8. The van der Waals surface area contributed by atoms with Gasteiger partial charge in [0.25, 0.3) is 0 Å². The fourth-order valence-electron chi connectivity index (χ4n) is 1.94. The molecule has 0 saturated carbocycles. The second-order valence-electron chi connectivity index (χ2n) is 4.40. The summed E-state index contributed by atoms with van der Waals surface area (Å²) in [6, 6.07) is 9.78. The molecule has 0 amide bonds. The van der Waals surface area contributed by atoms with Crippen molar-refractivity contribution >= 4 is 53.6 Å². The van der Waals surface area contributed by atoms with Crippen molar-refractivity contribution in [2.75, 3.05) is 5.88 Å². The lowest BCUT2D eigenvalue weighted by Gasteiger charge is -2.11. The van der Waals surface area contributed by atoms with Crippen LogP contribution in [-0.2, 0) is 16.1 Å². The molecule has 2 rings (SSSR count). The second kappa shape index (κ2) is 7.25.